The molecule has 3 fully saturated rings. The van der Waals surface area contributed by atoms with Crippen LogP contribution in [-0.4, -0.2) is 61.9 Å². The second-order valence-corrected chi connectivity index (χ2v) is 9.99. The lowest BCUT2D eigenvalue weighted by Gasteiger charge is -2.32. The summed E-state index contributed by atoms with van der Waals surface area (Å²) in [6, 6.07) is 6.51. The first-order valence-electron chi connectivity index (χ1n) is 9.64. The number of nitrogens with zero attached hydrogens (tertiary/aromatic N) is 2. The molecule has 1 amide bonds. The second-order valence-electron chi connectivity index (χ2n) is 7.67. The Bertz CT molecular complexity index is 804. The van der Waals surface area contributed by atoms with E-state index < -0.39 is 10.0 Å². The first-order valence-corrected chi connectivity index (χ1v) is 11.5. The zero-order chi connectivity index (χ0) is 19.0. The van der Waals surface area contributed by atoms with Crippen LogP contribution in [0, 0.1) is 5.92 Å². The van der Waals surface area contributed by atoms with Gasteiger partial charge in [0, 0.05) is 32.6 Å². The number of benzene rings is 1. The Hall–Kier alpha value is -1.15. The number of halogens is 1. The first kappa shape index (κ1) is 19.2. The van der Waals surface area contributed by atoms with Gasteiger partial charge in [0.25, 0.3) is 5.91 Å². The summed E-state index contributed by atoms with van der Waals surface area (Å²) in [6.45, 7) is 2.41. The Morgan fingerprint density at radius 1 is 1.04 bits per heavy atom. The second kappa shape index (κ2) is 7.70. The summed E-state index contributed by atoms with van der Waals surface area (Å²) in [5, 5.41) is 0.239. The third kappa shape index (κ3) is 4.16. The van der Waals surface area contributed by atoms with Crippen LogP contribution in [0.1, 0.15) is 32.1 Å². The summed E-state index contributed by atoms with van der Waals surface area (Å²) in [7, 11) is -3.60. The summed E-state index contributed by atoms with van der Waals surface area (Å²) in [5.74, 6) is 0.791. The third-order valence-electron chi connectivity index (χ3n) is 5.64. The molecule has 148 valence electrons. The molecule has 2 aliphatic heterocycles. The van der Waals surface area contributed by atoms with Gasteiger partial charge in [-0.05, 0) is 43.7 Å². The number of amides is 1. The van der Waals surface area contributed by atoms with E-state index in [4.69, 9.17) is 16.3 Å². The Morgan fingerprint density at radius 2 is 1.74 bits per heavy atom. The minimum Gasteiger partial charge on any atom is -0.365 e. The molecule has 1 aromatic rings. The van der Waals surface area contributed by atoms with E-state index in [2.05, 4.69) is 0 Å². The smallest absolute Gasteiger partial charge is 0.251 e. The molecule has 2 saturated heterocycles. The van der Waals surface area contributed by atoms with Gasteiger partial charge < -0.3 is 9.64 Å². The molecule has 1 aliphatic carbocycles. The van der Waals surface area contributed by atoms with Crippen molar-refractivity contribution in [1.29, 1.82) is 0 Å². The Morgan fingerprint density at radius 3 is 2.41 bits per heavy atom. The van der Waals surface area contributed by atoms with Gasteiger partial charge in [0.05, 0.1) is 11.1 Å². The highest BCUT2D eigenvalue weighted by Gasteiger charge is 2.38. The van der Waals surface area contributed by atoms with Gasteiger partial charge in [-0.1, -0.05) is 23.7 Å². The van der Waals surface area contributed by atoms with Gasteiger partial charge in [0.2, 0.25) is 10.0 Å². The van der Waals surface area contributed by atoms with Gasteiger partial charge in [-0.25, -0.2) is 8.42 Å². The number of rotatable bonds is 6. The average Bonchev–Trinajstić information content (AvgIpc) is 3.42. The number of sulfonamides is 1. The van der Waals surface area contributed by atoms with Crippen LogP contribution in [0.3, 0.4) is 0 Å². The molecular formula is C19H25ClN2O4S. The third-order valence-corrected chi connectivity index (χ3v) is 8.03. The average molecular weight is 413 g/mol. The number of hydrogen-bond donors (Lipinski definition) is 0. The molecule has 8 heteroatoms. The molecule has 0 radical (unpaired) electrons. The normalized spacial score (nSPS) is 25.3. The molecule has 6 nitrogen and oxygen atoms in total. The fourth-order valence-electron chi connectivity index (χ4n) is 3.86. The molecule has 1 atom stereocenters. The highest BCUT2D eigenvalue weighted by atomic mass is 35.5. The maximum atomic E-state index is 12.8. The van der Waals surface area contributed by atoms with Crippen molar-refractivity contribution in [2.24, 2.45) is 5.92 Å². The molecule has 4 rings (SSSR count). The standard InChI is InChI=1S/C19H25ClN2O4S/c20-16-3-1-2-4-18(16)27(24,25)22-11-7-15(8-12-22)26-17-9-10-21(19(17)23)13-14-5-6-14/h1-4,14-15,17H,5-13H2. The molecule has 2 heterocycles. The van der Waals surface area contributed by atoms with Crippen LogP contribution in [0.4, 0.5) is 0 Å². The lowest BCUT2D eigenvalue weighted by Crippen LogP contribution is -2.43. The summed E-state index contributed by atoms with van der Waals surface area (Å²) in [6.07, 6.45) is 3.95. The number of likely N-dealkylation sites (tertiary alicyclic amines) is 1. The van der Waals surface area contributed by atoms with Gasteiger partial charge >= 0.3 is 0 Å². The van der Waals surface area contributed by atoms with Crippen LogP contribution >= 0.6 is 11.6 Å². The zero-order valence-electron chi connectivity index (χ0n) is 15.2. The van der Waals surface area contributed by atoms with Crippen molar-refractivity contribution in [3.05, 3.63) is 29.3 Å². The summed E-state index contributed by atoms with van der Waals surface area (Å²) < 4.78 is 33.1. The molecular weight excluding hydrogens is 388 g/mol. The maximum Gasteiger partial charge on any atom is 0.251 e. The Labute approximate surface area is 165 Å². The highest BCUT2D eigenvalue weighted by molar-refractivity contribution is 7.89. The Balaban J connectivity index is 1.31. The molecule has 0 aromatic heterocycles. The predicted molar refractivity (Wildman–Crippen MR) is 102 cm³/mol. The molecule has 0 bridgehead atoms. The molecule has 3 aliphatic rings. The van der Waals surface area contributed by atoms with Crippen molar-refractivity contribution in [1.82, 2.24) is 9.21 Å². The monoisotopic (exact) mass is 412 g/mol. The quantitative estimate of drug-likeness (QED) is 0.720. The highest BCUT2D eigenvalue weighted by Crippen LogP contribution is 2.32. The summed E-state index contributed by atoms with van der Waals surface area (Å²) in [5.41, 5.74) is 0. The van der Waals surface area contributed by atoms with Crippen molar-refractivity contribution in [3.63, 3.8) is 0 Å². The van der Waals surface area contributed by atoms with Crippen molar-refractivity contribution in [2.75, 3.05) is 26.2 Å². The zero-order valence-corrected chi connectivity index (χ0v) is 16.8. The maximum absolute atomic E-state index is 12.8. The molecule has 0 N–H and O–H groups in total. The van der Waals surface area contributed by atoms with E-state index in [1.54, 1.807) is 18.2 Å². The first-order chi connectivity index (χ1) is 12.9. The van der Waals surface area contributed by atoms with E-state index in [0.717, 1.165) is 19.5 Å². The van der Waals surface area contributed by atoms with Gasteiger partial charge in [-0.2, -0.15) is 4.31 Å². The van der Waals surface area contributed by atoms with Gasteiger partial charge in [-0.3, -0.25) is 4.79 Å². The molecule has 1 aromatic carbocycles. The fraction of sp³-hybridized carbons (Fsp3) is 0.632. The topological polar surface area (TPSA) is 66.9 Å². The molecule has 27 heavy (non-hydrogen) atoms. The summed E-state index contributed by atoms with van der Waals surface area (Å²) >= 11 is 6.07. The number of ether oxygens (including phenoxy) is 1. The van der Waals surface area contributed by atoms with Crippen LogP contribution in [-0.2, 0) is 19.6 Å². The van der Waals surface area contributed by atoms with Gasteiger partial charge in [-0.15, -0.1) is 0 Å². The predicted octanol–water partition coefficient (Wildman–Crippen LogP) is 2.52. The number of hydrogen-bond acceptors (Lipinski definition) is 4. The number of carbonyl (C=O) groups excluding carboxylic acids is 1. The SMILES string of the molecule is O=C1C(OC2CCN(S(=O)(=O)c3ccccc3Cl)CC2)CCN1CC1CC1. The van der Waals surface area contributed by atoms with E-state index in [1.165, 1.54) is 23.2 Å². The van der Waals surface area contributed by atoms with Crippen LogP contribution < -0.4 is 0 Å². The molecule has 0 spiro atoms. The van der Waals surface area contributed by atoms with Crippen molar-refractivity contribution >= 4 is 27.5 Å². The molecule has 1 saturated carbocycles. The van der Waals surface area contributed by atoms with Gasteiger partial charge in [0.1, 0.15) is 11.0 Å². The van der Waals surface area contributed by atoms with E-state index in [9.17, 15) is 13.2 Å². The number of carbonyl (C=O) groups is 1. The largest absolute Gasteiger partial charge is 0.365 e. The van der Waals surface area contributed by atoms with Gasteiger partial charge in [0.15, 0.2) is 0 Å². The van der Waals surface area contributed by atoms with Crippen LogP contribution in [0.25, 0.3) is 0 Å². The van der Waals surface area contributed by atoms with E-state index in [1.807, 2.05) is 4.90 Å². The lowest BCUT2D eigenvalue weighted by atomic mass is 10.1. The van der Waals surface area contributed by atoms with E-state index >= 15 is 0 Å². The van der Waals surface area contributed by atoms with Crippen LogP contribution in [0.15, 0.2) is 29.2 Å². The van der Waals surface area contributed by atoms with Crippen LogP contribution in [0.5, 0.6) is 0 Å². The minimum atomic E-state index is -3.60. The van der Waals surface area contributed by atoms with Crippen LogP contribution in [0.2, 0.25) is 5.02 Å². The summed E-state index contributed by atoms with van der Waals surface area (Å²) in [4.78, 5) is 14.5. The minimum absolute atomic E-state index is 0.0717. The number of piperidine rings is 1. The Kier molecular flexibility index (Phi) is 5.47. The van der Waals surface area contributed by atoms with Crippen molar-refractivity contribution in [2.45, 2.75) is 49.2 Å². The lowest BCUT2D eigenvalue weighted by molar-refractivity contribution is -0.141. The van der Waals surface area contributed by atoms with Crippen molar-refractivity contribution < 1.29 is 17.9 Å². The molecule has 1 unspecified atom stereocenters. The van der Waals surface area contributed by atoms with E-state index in [-0.39, 0.29) is 28.0 Å². The van der Waals surface area contributed by atoms with Crippen molar-refractivity contribution in [3.8, 4) is 0 Å². The fourth-order valence-corrected chi connectivity index (χ4v) is 5.83. The van der Waals surface area contributed by atoms with E-state index in [0.29, 0.717) is 31.8 Å².